The molecule has 1 N–H and O–H groups in total. The standard InChI is InChI=1S/C23H32N2O/c1-16(26)24-21-15-23(20-9-5-4-8-19(20)21)10-12-25(13-11-23)22-14-17-6-2-3-7-18(17)22/h4-5,8-9,17-18,21-22H,2-3,6-7,10-15H2,1H3,(H,24,26)/t17?,18-,21-,22-/m1/s1. The first-order chi connectivity index (χ1) is 12.7. The maximum absolute atomic E-state index is 11.7. The molecule has 0 radical (unpaired) electrons. The van der Waals surface area contributed by atoms with Crippen molar-refractivity contribution in [2.75, 3.05) is 13.1 Å². The molecule has 3 nitrogen and oxygen atoms in total. The van der Waals surface area contributed by atoms with Gasteiger partial charge in [0.1, 0.15) is 0 Å². The third-order valence-corrected chi connectivity index (χ3v) is 8.11. The third kappa shape index (κ3) is 2.62. The average molecular weight is 353 g/mol. The summed E-state index contributed by atoms with van der Waals surface area (Å²) in [6, 6.07) is 9.95. The molecule has 140 valence electrons. The summed E-state index contributed by atoms with van der Waals surface area (Å²) in [5.41, 5.74) is 3.17. The number of likely N-dealkylation sites (tertiary alicyclic amines) is 1. The van der Waals surface area contributed by atoms with E-state index >= 15 is 0 Å². The summed E-state index contributed by atoms with van der Waals surface area (Å²) >= 11 is 0. The molecule has 1 unspecified atom stereocenters. The summed E-state index contributed by atoms with van der Waals surface area (Å²) in [5.74, 6) is 2.14. The lowest BCUT2D eigenvalue weighted by atomic mass is 9.61. The number of fused-ring (bicyclic) bond motifs is 3. The fraction of sp³-hybridized carbons (Fsp3) is 0.696. The Morgan fingerprint density at radius 2 is 1.92 bits per heavy atom. The Kier molecular flexibility index (Phi) is 4.11. The second-order valence-electron chi connectivity index (χ2n) is 9.37. The van der Waals surface area contributed by atoms with Gasteiger partial charge in [0.2, 0.25) is 5.91 Å². The van der Waals surface area contributed by atoms with Gasteiger partial charge in [-0.3, -0.25) is 4.79 Å². The highest BCUT2D eigenvalue weighted by atomic mass is 16.1. The van der Waals surface area contributed by atoms with E-state index in [1.807, 2.05) is 0 Å². The molecule has 1 aliphatic heterocycles. The second-order valence-corrected chi connectivity index (χ2v) is 9.37. The number of hydrogen-bond donors (Lipinski definition) is 1. The van der Waals surface area contributed by atoms with Crippen LogP contribution >= 0.6 is 0 Å². The minimum atomic E-state index is 0.0945. The Hall–Kier alpha value is -1.35. The summed E-state index contributed by atoms with van der Waals surface area (Å²) in [5, 5.41) is 3.21. The van der Waals surface area contributed by atoms with Crippen LogP contribution in [0.4, 0.5) is 0 Å². The minimum absolute atomic E-state index is 0.0945. The molecule has 4 aliphatic rings. The molecule has 2 saturated carbocycles. The fourth-order valence-electron chi connectivity index (χ4n) is 6.77. The Morgan fingerprint density at radius 3 is 2.69 bits per heavy atom. The van der Waals surface area contributed by atoms with Gasteiger partial charge >= 0.3 is 0 Å². The van der Waals surface area contributed by atoms with E-state index in [-0.39, 0.29) is 17.4 Å². The summed E-state index contributed by atoms with van der Waals surface area (Å²) < 4.78 is 0. The number of rotatable bonds is 2. The van der Waals surface area contributed by atoms with Crippen molar-refractivity contribution < 1.29 is 4.79 Å². The van der Waals surface area contributed by atoms with Gasteiger partial charge in [-0.15, -0.1) is 0 Å². The molecule has 3 aliphatic carbocycles. The summed E-state index contributed by atoms with van der Waals surface area (Å²) in [6.45, 7) is 4.14. The van der Waals surface area contributed by atoms with Crippen molar-refractivity contribution in [2.24, 2.45) is 11.8 Å². The molecule has 0 aromatic heterocycles. The second kappa shape index (κ2) is 6.37. The molecule has 0 bridgehead atoms. The molecule has 3 heteroatoms. The van der Waals surface area contributed by atoms with Crippen LogP contribution in [0.1, 0.15) is 75.5 Å². The quantitative estimate of drug-likeness (QED) is 0.866. The van der Waals surface area contributed by atoms with E-state index in [1.54, 1.807) is 6.92 Å². The van der Waals surface area contributed by atoms with E-state index < -0.39 is 0 Å². The molecular formula is C23H32N2O. The summed E-state index contributed by atoms with van der Waals surface area (Å²) in [6.07, 6.45) is 11.0. The highest BCUT2D eigenvalue weighted by Gasteiger charge is 2.49. The fourth-order valence-corrected chi connectivity index (χ4v) is 6.77. The van der Waals surface area contributed by atoms with Gasteiger partial charge < -0.3 is 10.2 Å². The van der Waals surface area contributed by atoms with Crippen LogP contribution < -0.4 is 5.32 Å². The molecule has 5 rings (SSSR count). The van der Waals surface area contributed by atoms with Gasteiger partial charge in [0.25, 0.3) is 0 Å². The molecule has 26 heavy (non-hydrogen) atoms. The lowest BCUT2D eigenvalue weighted by Gasteiger charge is -2.55. The molecule has 3 fully saturated rings. The van der Waals surface area contributed by atoms with Gasteiger partial charge in [0, 0.05) is 18.4 Å². The van der Waals surface area contributed by atoms with Crippen molar-refractivity contribution in [3.63, 3.8) is 0 Å². The van der Waals surface area contributed by atoms with Crippen molar-refractivity contribution >= 4 is 5.91 Å². The highest BCUT2D eigenvalue weighted by molar-refractivity contribution is 5.73. The molecule has 1 amide bonds. The van der Waals surface area contributed by atoms with Crippen molar-refractivity contribution in [1.82, 2.24) is 10.2 Å². The van der Waals surface area contributed by atoms with Crippen molar-refractivity contribution in [2.45, 2.75) is 75.8 Å². The number of carbonyl (C=O) groups excluding carboxylic acids is 1. The van der Waals surface area contributed by atoms with E-state index in [4.69, 9.17) is 0 Å². The SMILES string of the molecule is CC(=O)N[C@@H]1CC2(CCN([C@@H]3CC4CCCC[C@H]43)CC2)c2ccccc21. The van der Waals surface area contributed by atoms with E-state index in [0.717, 1.165) is 24.3 Å². The van der Waals surface area contributed by atoms with Gasteiger partial charge in [0.05, 0.1) is 6.04 Å². The van der Waals surface area contributed by atoms with Gasteiger partial charge in [0.15, 0.2) is 0 Å². The van der Waals surface area contributed by atoms with Crippen LogP contribution in [0.15, 0.2) is 24.3 Å². The zero-order valence-electron chi connectivity index (χ0n) is 16.0. The molecule has 1 aromatic rings. The first-order valence-corrected chi connectivity index (χ1v) is 10.8. The largest absolute Gasteiger partial charge is 0.349 e. The van der Waals surface area contributed by atoms with Gasteiger partial charge in [-0.05, 0) is 68.2 Å². The first-order valence-electron chi connectivity index (χ1n) is 10.8. The number of hydrogen-bond acceptors (Lipinski definition) is 2. The molecule has 1 spiro atoms. The van der Waals surface area contributed by atoms with Crippen LogP contribution in [-0.4, -0.2) is 29.9 Å². The van der Waals surface area contributed by atoms with Crippen molar-refractivity contribution in [1.29, 1.82) is 0 Å². The molecular weight excluding hydrogens is 320 g/mol. The Bertz CT molecular complexity index is 691. The predicted molar refractivity (Wildman–Crippen MR) is 104 cm³/mol. The molecule has 1 saturated heterocycles. The Morgan fingerprint density at radius 1 is 1.15 bits per heavy atom. The Labute approximate surface area is 157 Å². The third-order valence-electron chi connectivity index (χ3n) is 8.11. The van der Waals surface area contributed by atoms with Crippen LogP contribution in [-0.2, 0) is 10.2 Å². The van der Waals surface area contributed by atoms with Crippen LogP contribution in [0.3, 0.4) is 0 Å². The van der Waals surface area contributed by atoms with Crippen molar-refractivity contribution in [3.05, 3.63) is 35.4 Å². The minimum Gasteiger partial charge on any atom is -0.349 e. The number of carbonyl (C=O) groups is 1. The normalized spacial score (nSPS) is 35.4. The monoisotopic (exact) mass is 352 g/mol. The lowest BCUT2D eigenvalue weighted by Crippen LogP contribution is -2.57. The van der Waals surface area contributed by atoms with Crippen LogP contribution in [0.5, 0.6) is 0 Å². The van der Waals surface area contributed by atoms with E-state index in [1.165, 1.54) is 69.2 Å². The lowest BCUT2D eigenvalue weighted by molar-refractivity contribution is -0.119. The molecule has 1 heterocycles. The van der Waals surface area contributed by atoms with Crippen LogP contribution in [0, 0.1) is 11.8 Å². The van der Waals surface area contributed by atoms with Crippen LogP contribution in [0.25, 0.3) is 0 Å². The van der Waals surface area contributed by atoms with Gasteiger partial charge in [-0.2, -0.15) is 0 Å². The Balaban J connectivity index is 1.30. The van der Waals surface area contributed by atoms with Gasteiger partial charge in [-0.1, -0.05) is 43.5 Å². The molecule has 1 aromatic carbocycles. The number of piperidine rings is 1. The smallest absolute Gasteiger partial charge is 0.217 e. The van der Waals surface area contributed by atoms with Gasteiger partial charge in [-0.25, -0.2) is 0 Å². The highest BCUT2D eigenvalue weighted by Crippen LogP contribution is 2.53. The van der Waals surface area contributed by atoms with Crippen LogP contribution in [0.2, 0.25) is 0 Å². The van der Waals surface area contributed by atoms with E-state index in [0.29, 0.717) is 0 Å². The topological polar surface area (TPSA) is 32.3 Å². The zero-order valence-corrected chi connectivity index (χ0v) is 16.0. The number of benzene rings is 1. The van der Waals surface area contributed by atoms with E-state index in [2.05, 4.69) is 34.5 Å². The average Bonchev–Trinajstić information content (AvgIpc) is 2.91. The van der Waals surface area contributed by atoms with E-state index in [9.17, 15) is 4.79 Å². The summed E-state index contributed by atoms with van der Waals surface area (Å²) in [4.78, 5) is 14.5. The number of nitrogens with one attached hydrogen (secondary N) is 1. The number of amides is 1. The zero-order chi connectivity index (χ0) is 17.7. The predicted octanol–water partition coefficient (Wildman–Crippen LogP) is 4.18. The maximum atomic E-state index is 11.7. The maximum Gasteiger partial charge on any atom is 0.217 e. The summed E-state index contributed by atoms with van der Waals surface area (Å²) in [7, 11) is 0. The number of nitrogens with zero attached hydrogens (tertiary/aromatic N) is 1. The first kappa shape index (κ1) is 16.8. The molecule has 4 atom stereocenters. The van der Waals surface area contributed by atoms with Crippen molar-refractivity contribution in [3.8, 4) is 0 Å².